The van der Waals surface area contributed by atoms with E-state index in [-0.39, 0.29) is 12.8 Å². The molecule has 0 aromatic heterocycles. The first-order valence-corrected chi connectivity index (χ1v) is 6.35. The monoisotopic (exact) mass is 226 g/mol. The maximum Gasteiger partial charge on any atom is 0.325 e. The van der Waals surface area contributed by atoms with Crippen molar-refractivity contribution < 1.29 is 29.3 Å². The second kappa shape index (κ2) is 4.26. The number of aliphatic hydroxyl groups excluding tert-OH is 3. The Bertz CT molecular complexity index is 226. The zero-order chi connectivity index (χ0) is 10.9. The first kappa shape index (κ1) is 12.1. The van der Waals surface area contributed by atoms with Crippen LogP contribution in [0.2, 0.25) is 0 Å². The molecule has 1 rings (SSSR count). The number of hydrogen-bond acceptors (Lipinski definition) is 5. The molecule has 0 saturated heterocycles. The zero-order valence-electron chi connectivity index (χ0n) is 7.78. The average Bonchev–Trinajstić information content (AvgIpc) is 1.95. The predicted octanol–water partition coefficient (Wildman–Crippen LogP) is -0.937. The van der Waals surface area contributed by atoms with Gasteiger partial charge in [0.2, 0.25) is 0 Å². The van der Waals surface area contributed by atoms with Crippen LogP contribution in [0.3, 0.4) is 0 Å². The number of rotatable bonds is 2. The predicted molar refractivity (Wildman–Crippen MR) is 47.9 cm³/mol. The van der Waals surface area contributed by atoms with Crippen molar-refractivity contribution in [3.63, 3.8) is 0 Å². The molecule has 7 heteroatoms. The van der Waals surface area contributed by atoms with Gasteiger partial charge in [0.05, 0.1) is 18.3 Å². The lowest BCUT2D eigenvalue weighted by Gasteiger charge is -2.34. The first-order valence-electron chi connectivity index (χ1n) is 4.32. The summed E-state index contributed by atoms with van der Waals surface area (Å²) >= 11 is 0. The number of hydrogen-bond donors (Lipinski definition) is 4. The highest BCUT2D eigenvalue weighted by Crippen LogP contribution is 2.41. The Morgan fingerprint density at radius 3 is 2.00 bits per heavy atom. The molecule has 0 bridgehead atoms. The quantitative estimate of drug-likeness (QED) is 0.453. The van der Waals surface area contributed by atoms with Crippen molar-refractivity contribution in [1.29, 1.82) is 0 Å². The van der Waals surface area contributed by atoms with E-state index in [1.165, 1.54) is 0 Å². The highest BCUT2D eigenvalue weighted by Gasteiger charge is 2.38. The normalized spacial score (nSPS) is 43.2. The molecule has 4 N–H and O–H groups in total. The van der Waals surface area contributed by atoms with Crippen molar-refractivity contribution in [3.05, 3.63) is 0 Å². The third kappa shape index (κ3) is 3.31. The molecule has 0 radical (unpaired) electrons. The minimum absolute atomic E-state index is 0.0434. The second-order valence-corrected chi connectivity index (χ2v) is 5.45. The summed E-state index contributed by atoms with van der Waals surface area (Å²) in [4.78, 5) is 8.92. The van der Waals surface area contributed by atoms with E-state index in [4.69, 9.17) is 10.00 Å². The van der Waals surface area contributed by atoms with E-state index in [1.807, 2.05) is 0 Å². The third-order valence-corrected chi connectivity index (χ3v) is 2.74. The Hall–Kier alpha value is 0.0300. The van der Waals surface area contributed by atoms with Crippen LogP contribution in [-0.4, -0.2) is 51.3 Å². The van der Waals surface area contributed by atoms with Crippen molar-refractivity contribution in [3.8, 4) is 0 Å². The average molecular weight is 226 g/mol. The second-order valence-electron chi connectivity index (χ2n) is 3.63. The van der Waals surface area contributed by atoms with Gasteiger partial charge < -0.3 is 24.7 Å². The van der Waals surface area contributed by atoms with E-state index in [2.05, 4.69) is 4.52 Å². The van der Waals surface area contributed by atoms with E-state index >= 15 is 0 Å². The standard InChI is InChI=1S/C7H15O6P/c1-14(11,12)13-7-5(9)2-4(8)3-6(7)10/h4-10H,2-3H2,1H3,(H,11,12)/t4?,5-,6-,7?/m1/s1. The fraction of sp³-hybridized carbons (Fsp3) is 1.00. The lowest BCUT2D eigenvalue weighted by molar-refractivity contribution is -0.108. The topological polar surface area (TPSA) is 107 Å². The van der Waals surface area contributed by atoms with Gasteiger partial charge in [0.1, 0.15) is 6.10 Å². The van der Waals surface area contributed by atoms with Gasteiger partial charge in [-0.3, -0.25) is 4.57 Å². The van der Waals surface area contributed by atoms with Crippen molar-refractivity contribution in [2.45, 2.75) is 37.3 Å². The van der Waals surface area contributed by atoms with Crippen LogP contribution in [-0.2, 0) is 9.09 Å². The minimum Gasteiger partial charge on any atom is -0.393 e. The van der Waals surface area contributed by atoms with E-state index in [9.17, 15) is 14.8 Å². The highest BCUT2D eigenvalue weighted by molar-refractivity contribution is 7.51. The summed E-state index contributed by atoms with van der Waals surface area (Å²) in [6.45, 7) is 0.984. The highest BCUT2D eigenvalue weighted by atomic mass is 31.2. The Morgan fingerprint density at radius 2 is 1.64 bits per heavy atom. The Labute approximate surface area is 81.7 Å². The Morgan fingerprint density at radius 1 is 1.21 bits per heavy atom. The van der Waals surface area contributed by atoms with Crippen LogP contribution in [0, 0.1) is 0 Å². The van der Waals surface area contributed by atoms with Gasteiger partial charge in [-0.1, -0.05) is 0 Å². The van der Waals surface area contributed by atoms with Crippen LogP contribution in [0.15, 0.2) is 0 Å². The van der Waals surface area contributed by atoms with Gasteiger partial charge in [-0.05, 0) is 0 Å². The van der Waals surface area contributed by atoms with Gasteiger partial charge in [-0.15, -0.1) is 0 Å². The van der Waals surface area contributed by atoms with Crippen LogP contribution < -0.4 is 0 Å². The van der Waals surface area contributed by atoms with Gasteiger partial charge in [0.15, 0.2) is 0 Å². The van der Waals surface area contributed by atoms with Crippen LogP contribution in [0.1, 0.15) is 12.8 Å². The zero-order valence-corrected chi connectivity index (χ0v) is 8.67. The summed E-state index contributed by atoms with van der Waals surface area (Å²) in [6.07, 6.45) is -4.04. The van der Waals surface area contributed by atoms with Crippen LogP contribution in [0.25, 0.3) is 0 Å². The van der Waals surface area contributed by atoms with Gasteiger partial charge >= 0.3 is 7.60 Å². The SMILES string of the molecule is CP(=O)(O)OC1[C@H](O)CC(O)C[C@H]1O. The minimum atomic E-state index is -3.73. The van der Waals surface area contributed by atoms with E-state index < -0.39 is 32.0 Å². The van der Waals surface area contributed by atoms with Gasteiger partial charge in [-0.2, -0.15) is 0 Å². The van der Waals surface area contributed by atoms with Crippen molar-refractivity contribution in [1.82, 2.24) is 0 Å². The molecular formula is C7H15O6P. The van der Waals surface area contributed by atoms with Crippen LogP contribution >= 0.6 is 7.60 Å². The molecule has 1 unspecified atom stereocenters. The third-order valence-electron chi connectivity index (χ3n) is 2.10. The Balaban J connectivity index is 2.63. The fourth-order valence-corrected chi connectivity index (χ4v) is 2.28. The molecule has 0 aromatic carbocycles. The van der Waals surface area contributed by atoms with E-state index in [0.717, 1.165) is 6.66 Å². The summed E-state index contributed by atoms with van der Waals surface area (Å²) in [5.41, 5.74) is 0. The molecule has 0 amide bonds. The molecule has 0 aromatic rings. The van der Waals surface area contributed by atoms with Gasteiger partial charge in [0, 0.05) is 19.5 Å². The molecule has 1 aliphatic rings. The van der Waals surface area contributed by atoms with Crippen molar-refractivity contribution in [2.75, 3.05) is 6.66 Å². The molecule has 0 spiro atoms. The fourth-order valence-electron chi connectivity index (χ4n) is 1.54. The molecule has 6 nitrogen and oxygen atoms in total. The molecule has 14 heavy (non-hydrogen) atoms. The van der Waals surface area contributed by atoms with E-state index in [0.29, 0.717) is 0 Å². The van der Waals surface area contributed by atoms with E-state index in [1.54, 1.807) is 0 Å². The summed E-state index contributed by atoms with van der Waals surface area (Å²) < 4.78 is 15.6. The van der Waals surface area contributed by atoms with Crippen LogP contribution in [0.4, 0.5) is 0 Å². The number of aliphatic hydroxyl groups is 3. The summed E-state index contributed by atoms with van der Waals surface area (Å²) in [5, 5.41) is 28.0. The molecule has 3 atom stereocenters. The van der Waals surface area contributed by atoms with Crippen molar-refractivity contribution >= 4 is 7.60 Å². The van der Waals surface area contributed by atoms with Gasteiger partial charge in [0.25, 0.3) is 0 Å². The molecule has 84 valence electrons. The maximum absolute atomic E-state index is 10.9. The lowest BCUT2D eigenvalue weighted by atomic mass is 9.90. The van der Waals surface area contributed by atoms with Gasteiger partial charge in [-0.25, -0.2) is 0 Å². The smallest absolute Gasteiger partial charge is 0.325 e. The summed E-state index contributed by atoms with van der Waals surface area (Å²) in [5.74, 6) is 0. The molecular weight excluding hydrogens is 211 g/mol. The van der Waals surface area contributed by atoms with Crippen molar-refractivity contribution in [2.24, 2.45) is 0 Å². The van der Waals surface area contributed by atoms with Crippen LogP contribution in [0.5, 0.6) is 0 Å². The molecule has 1 saturated carbocycles. The largest absolute Gasteiger partial charge is 0.393 e. The lowest BCUT2D eigenvalue weighted by Crippen LogP contribution is -2.47. The first-order chi connectivity index (χ1) is 6.29. The molecule has 0 heterocycles. The molecule has 1 aliphatic carbocycles. The maximum atomic E-state index is 10.9. The summed E-state index contributed by atoms with van der Waals surface area (Å²) in [7, 11) is -3.73. The summed E-state index contributed by atoms with van der Waals surface area (Å²) in [6, 6.07) is 0. The molecule has 1 fully saturated rings. The Kier molecular flexibility index (Phi) is 3.69. The molecule has 0 aliphatic heterocycles.